The summed E-state index contributed by atoms with van der Waals surface area (Å²) in [6.45, 7) is 12.1. The molecule has 6 heteroatoms. The Kier molecular flexibility index (Phi) is 5.61. The third-order valence-electron chi connectivity index (χ3n) is 3.04. The van der Waals surface area contributed by atoms with Gasteiger partial charge in [-0.3, -0.25) is 4.79 Å². The van der Waals surface area contributed by atoms with Gasteiger partial charge in [0.2, 0.25) is 5.91 Å². The lowest BCUT2D eigenvalue weighted by Crippen LogP contribution is -2.47. The van der Waals surface area contributed by atoms with Crippen LogP contribution < -0.4 is 0 Å². The molecule has 0 aromatic rings. The van der Waals surface area contributed by atoms with Crippen LogP contribution in [0.4, 0.5) is 4.79 Å². The lowest BCUT2D eigenvalue weighted by Gasteiger charge is -2.28. The smallest absolute Gasteiger partial charge is 0.417 e. The lowest BCUT2D eigenvalue weighted by atomic mass is 10.0. The molecule has 1 saturated heterocycles. The zero-order chi connectivity index (χ0) is 18.0. The van der Waals surface area contributed by atoms with E-state index in [-0.39, 0.29) is 6.42 Å². The van der Waals surface area contributed by atoms with Crippen LogP contribution in [0.2, 0.25) is 0 Å². The molecule has 0 bridgehead atoms. The third kappa shape index (κ3) is 5.37. The first kappa shape index (κ1) is 19.2. The Bertz CT molecular complexity index is 510. The minimum absolute atomic E-state index is 0.206. The van der Waals surface area contributed by atoms with E-state index >= 15 is 0 Å². The van der Waals surface area contributed by atoms with Gasteiger partial charge in [-0.15, -0.1) is 0 Å². The number of carbonyl (C=O) groups is 3. The van der Waals surface area contributed by atoms with Gasteiger partial charge < -0.3 is 9.47 Å². The number of allylic oxidation sites excluding steroid dienone is 1. The van der Waals surface area contributed by atoms with Crippen molar-refractivity contribution >= 4 is 18.0 Å². The van der Waals surface area contributed by atoms with Crippen LogP contribution in [0.1, 0.15) is 54.9 Å². The van der Waals surface area contributed by atoms with E-state index in [9.17, 15) is 14.4 Å². The molecule has 0 unspecified atom stereocenters. The van der Waals surface area contributed by atoms with Crippen LogP contribution in [0.5, 0.6) is 0 Å². The molecule has 0 spiro atoms. The monoisotopic (exact) mass is 325 g/mol. The van der Waals surface area contributed by atoms with Crippen molar-refractivity contribution in [2.24, 2.45) is 5.92 Å². The molecule has 130 valence electrons. The number of hydrogen-bond donors (Lipinski definition) is 0. The molecule has 1 heterocycles. The topological polar surface area (TPSA) is 72.9 Å². The molecule has 1 fully saturated rings. The first-order valence-corrected chi connectivity index (χ1v) is 7.77. The summed E-state index contributed by atoms with van der Waals surface area (Å²) >= 11 is 0. The number of likely N-dealkylation sites (tertiary alicyclic amines) is 1. The number of ether oxygens (including phenoxy) is 2. The Balaban J connectivity index is 3.06. The molecule has 2 amide bonds. The van der Waals surface area contributed by atoms with Crippen LogP contribution in [0.25, 0.3) is 0 Å². The summed E-state index contributed by atoms with van der Waals surface area (Å²) in [5.41, 5.74) is -1.45. The molecule has 1 aliphatic rings. The highest BCUT2D eigenvalue weighted by Gasteiger charge is 2.48. The van der Waals surface area contributed by atoms with E-state index in [1.165, 1.54) is 0 Å². The fourth-order valence-corrected chi connectivity index (χ4v) is 2.27. The number of hydrogen-bond acceptors (Lipinski definition) is 5. The van der Waals surface area contributed by atoms with Crippen LogP contribution in [0.15, 0.2) is 12.2 Å². The standard InChI is InChI=1S/C17H27NO5/c1-8-9-11-10-12(14(20)22-16(2,3)4)18(13(11)19)15(21)23-17(5,6)7/h8-9,11-12H,10H2,1-7H3/b9-8+/t11-,12-/m0/s1. The van der Waals surface area contributed by atoms with Gasteiger partial charge in [-0.05, 0) is 54.9 Å². The van der Waals surface area contributed by atoms with Crippen molar-refractivity contribution in [2.75, 3.05) is 0 Å². The predicted molar refractivity (Wildman–Crippen MR) is 85.6 cm³/mol. The van der Waals surface area contributed by atoms with Gasteiger partial charge in [0.15, 0.2) is 0 Å². The number of imide groups is 1. The molecule has 0 aromatic carbocycles. The van der Waals surface area contributed by atoms with Crippen LogP contribution >= 0.6 is 0 Å². The molecular formula is C17H27NO5. The summed E-state index contributed by atoms with van der Waals surface area (Å²) in [7, 11) is 0. The van der Waals surface area contributed by atoms with Gasteiger partial charge >= 0.3 is 12.1 Å². The fraction of sp³-hybridized carbons (Fsp3) is 0.706. The highest BCUT2D eigenvalue weighted by atomic mass is 16.6. The number of esters is 1. The minimum Gasteiger partial charge on any atom is -0.458 e. The lowest BCUT2D eigenvalue weighted by molar-refractivity contribution is -0.161. The SMILES string of the molecule is C/C=C/[C@H]1C[C@@H](C(=O)OC(C)(C)C)N(C(=O)OC(C)(C)C)C1=O. The van der Waals surface area contributed by atoms with Crippen molar-refractivity contribution in [3.05, 3.63) is 12.2 Å². The van der Waals surface area contributed by atoms with Crippen molar-refractivity contribution in [3.63, 3.8) is 0 Å². The fourth-order valence-electron chi connectivity index (χ4n) is 2.27. The van der Waals surface area contributed by atoms with Crippen LogP contribution in [-0.2, 0) is 19.1 Å². The molecule has 0 aliphatic carbocycles. The van der Waals surface area contributed by atoms with E-state index < -0.39 is 41.1 Å². The van der Waals surface area contributed by atoms with E-state index in [2.05, 4.69) is 0 Å². The Hall–Kier alpha value is -1.85. The maximum atomic E-state index is 12.5. The Morgan fingerprint density at radius 2 is 1.61 bits per heavy atom. The van der Waals surface area contributed by atoms with Gasteiger partial charge in [-0.1, -0.05) is 12.2 Å². The van der Waals surface area contributed by atoms with Gasteiger partial charge in [-0.25, -0.2) is 14.5 Å². The summed E-state index contributed by atoms with van der Waals surface area (Å²) in [5.74, 6) is -1.55. The van der Waals surface area contributed by atoms with Gasteiger partial charge in [0.05, 0.1) is 5.92 Å². The zero-order valence-corrected chi connectivity index (χ0v) is 15.0. The van der Waals surface area contributed by atoms with E-state index in [0.29, 0.717) is 0 Å². The Morgan fingerprint density at radius 1 is 1.09 bits per heavy atom. The Morgan fingerprint density at radius 3 is 2.04 bits per heavy atom. The molecule has 0 radical (unpaired) electrons. The molecular weight excluding hydrogens is 298 g/mol. The molecule has 2 atom stereocenters. The summed E-state index contributed by atoms with van der Waals surface area (Å²) < 4.78 is 10.6. The normalized spacial score (nSPS) is 22.6. The van der Waals surface area contributed by atoms with Crippen molar-refractivity contribution < 1.29 is 23.9 Å². The largest absolute Gasteiger partial charge is 0.458 e. The van der Waals surface area contributed by atoms with Crippen LogP contribution in [0.3, 0.4) is 0 Å². The van der Waals surface area contributed by atoms with Crippen LogP contribution in [0, 0.1) is 5.92 Å². The third-order valence-corrected chi connectivity index (χ3v) is 3.04. The second-order valence-electron chi connectivity index (χ2n) is 7.61. The first-order valence-electron chi connectivity index (χ1n) is 7.77. The number of rotatable bonds is 2. The average Bonchev–Trinajstić information content (AvgIpc) is 2.63. The number of amides is 2. The van der Waals surface area contributed by atoms with Gasteiger partial charge in [0.25, 0.3) is 0 Å². The van der Waals surface area contributed by atoms with E-state index in [4.69, 9.17) is 9.47 Å². The maximum absolute atomic E-state index is 12.5. The van der Waals surface area contributed by atoms with Gasteiger partial charge in [0.1, 0.15) is 17.2 Å². The van der Waals surface area contributed by atoms with Crippen LogP contribution in [-0.4, -0.2) is 40.1 Å². The summed E-state index contributed by atoms with van der Waals surface area (Å²) in [6, 6.07) is -0.960. The first-order chi connectivity index (χ1) is 10.4. The highest BCUT2D eigenvalue weighted by Crippen LogP contribution is 2.29. The molecule has 1 aliphatic heterocycles. The van der Waals surface area contributed by atoms with E-state index in [0.717, 1.165) is 4.90 Å². The summed E-state index contributed by atoms with van der Waals surface area (Å²) in [6.07, 6.45) is 2.81. The molecule has 0 saturated carbocycles. The Labute approximate surface area is 137 Å². The van der Waals surface area contributed by atoms with Crippen molar-refractivity contribution in [2.45, 2.75) is 72.1 Å². The molecule has 6 nitrogen and oxygen atoms in total. The van der Waals surface area contributed by atoms with E-state index in [1.807, 2.05) is 0 Å². The highest BCUT2D eigenvalue weighted by molar-refractivity contribution is 6.01. The second-order valence-corrected chi connectivity index (χ2v) is 7.61. The van der Waals surface area contributed by atoms with Gasteiger partial charge in [0, 0.05) is 0 Å². The second kappa shape index (κ2) is 6.72. The molecule has 0 N–H and O–H groups in total. The zero-order valence-electron chi connectivity index (χ0n) is 15.0. The van der Waals surface area contributed by atoms with Crippen molar-refractivity contribution in [1.29, 1.82) is 0 Å². The quantitative estimate of drug-likeness (QED) is 0.576. The summed E-state index contributed by atoms with van der Waals surface area (Å²) in [4.78, 5) is 38.1. The van der Waals surface area contributed by atoms with Crippen molar-refractivity contribution in [1.82, 2.24) is 4.90 Å². The minimum atomic E-state index is -0.960. The molecule has 0 aromatic heterocycles. The molecule has 1 rings (SSSR count). The average molecular weight is 325 g/mol. The van der Waals surface area contributed by atoms with E-state index in [1.54, 1.807) is 60.6 Å². The maximum Gasteiger partial charge on any atom is 0.417 e. The van der Waals surface area contributed by atoms with Gasteiger partial charge in [-0.2, -0.15) is 0 Å². The number of nitrogens with zero attached hydrogens (tertiary/aromatic N) is 1. The van der Waals surface area contributed by atoms with Crippen molar-refractivity contribution in [3.8, 4) is 0 Å². The summed E-state index contributed by atoms with van der Waals surface area (Å²) in [5, 5.41) is 0. The predicted octanol–water partition coefficient (Wildman–Crippen LogP) is 3.06. The number of carbonyl (C=O) groups excluding carboxylic acids is 3. The molecule has 23 heavy (non-hydrogen) atoms.